The first-order valence-electron chi connectivity index (χ1n) is 6.92. The molecule has 21 heavy (non-hydrogen) atoms. The maximum Gasteiger partial charge on any atom is 0.416 e. The van der Waals surface area contributed by atoms with Gasteiger partial charge in [-0.25, -0.2) is 0 Å². The van der Waals surface area contributed by atoms with E-state index in [1.165, 1.54) is 12.1 Å². The molecule has 1 atom stereocenters. The molecule has 1 aliphatic heterocycles. The highest BCUT2D eigenvalue weighted by Gasteiger charge is 2.37. The average Bonchev–Trinajstić information content (AvgIpc) is 2.37. The van der Waals surface area contributed by atoms with Crippen molar-refractivity contribution in [1.82, 2.24) is 5.32 Å². The average molecular weight is 300 g/mol. The molecule has 1 aromatic carbocycles. The minimum Gasteiger partial charge on any atom is -0.325 e. The Kier molecular flexibility index (Phi) is 4.27. The highest BCUT2D eigenvalue weighted by atomic mass is 19.4. The molecule has 1 heterocycles. The van der Waals surface area contributed by atoms with E-state index in [-0.39, 0.29) is 17.0 Å². The van der Waals surface area contributed by atoms with Gasteiger partial charge in [-0.2, -0.15) is 13.2 Å². The van der Waals surface area contributed by atoms with E-state index in [1.54, 1.807) is 0 Å². The largest absolute Gasteiger partial charge is 0.416 e. The SMILES string of the molecule is CC1(C)CCCNC1C(=O)Nc1cccc(C(F)(F)F)c1. The predicted octanol–water partition coefficient (Wildman–Crippen LogP) is 3.42. The summed E-state index contributed by atoms with van der Waals surface area (Å²) in [5, 5.41) is 5.72. The summed E-state index contributed by atoms with van der Waals surface area (Å²) in [6.45, 7) is 4.70. The molecule has 2 N–H and O–H groups in total. The van der Waals surface area contributed by atoms with Gasteiger partial charge in [-0.3, -0.25) is 4.79 Å². The Labute approximate surface area is 121 Å². The molecule has 1 fully saturated rings. The smallest absolute Gasteiger partial charge is 0.325 e. The summed E-state index contributed by atoms with van der Waals surface area (Å²) in [4.78, 5) is 12.3. The summed E-state index contributed by atoms with van der Waals surface area (Å²) in [6.07, 6.45) is -2.52. The van der Waals surface area contributed by atoms with Crippen LogP contribution in [-0.4, -0.2) is 18.5 Å². The first kappa shape index (κ1) is 15.8. The van der Waals surface area contributed by atoms with Gasteiger partial charge in [0.25, 0.3) is 0 Å². The van der Waals surface area contributed by atoms with Crippen molar-refractivity contribution in [3.63, 3.8) is 0 Å². The fourth-order valence-corrected chi connectivity index (χ4v) is 2.65. The maximum atomic E-state index is 12.7. The van der Waals surface area contributed by atoms with Crippen molar-refractivity contribution in [2.75, 3.05) is 11.9 Å². The first-order chi connectivity index (χ1) is 9.70. The Morgan fingerprint density at radius 2 is 2.10 bits per heavy atom. The zero-order chi connectivity index (χ0) is 15.7. The van der Waals surface area contributed by atoms with E-state index in [2.05, 4.69) is 10.6 Å². The molecule has 1 aromatic rings. The number of anilines is 1. The Balaban J connectivity index is 2.13. The lowest BCUT2D eigenvalue weighted by atomic mass is 9.77. The molecule has 6 heteroatoms. The van der Waals surface area contributed by atoms with E-state index in [0.717, 1.165) is 31.5 Å². The van der Waals surface area contributed by atoms with Gasteiger partial charge in [0.15, 0.2) is 0 Å². The summed E-state index contributed by atoms with van der Waals surface area (Å²) in [7, 11) is 0. The molecule has 0 radical (unpaired) electrons. The lowest BCUT2D eigenvalue weighted by molar-refractivity contribution is -0.137. The molecule has 1 unspecified atom stereocenters. The van der Waals surface area contributed by atoms with E-state index < -0.39 is 17.8 Å². The zero-order valence-corrected chi connectivity index (χ0v) is 12.1. The molecule has 1 aliphatic rings. The van der Waals surface area contributed by atoms with E-state index in [9.17, 15) is 18.0 Å². The maximum absolute atomic E-state index is 12.7. The second kappa shape index (κ2) is 5.67. The number of hydrogen-bond donors (Lipinski definition) is 2. The lowest BCUT2D eigenvalue weighted by Crippen LogP contribution is -2.53. The minimum atomic E-state index is -4.41. The van der Waals surface area contributed by atoms with Gasteiger partial charge in [-0.15, -0.1) is 0 Å². The quantitative estimate of drug-likeness (QED) is 0.878. The third kappa shape index (κ3) is 3.75. The number of carbonyl (C=O) groups excluding carboxylic acids is 1. The van der Waals surface area contributed by atoms with Crippen LogP contribution in [0.1, 0.15) is 32.3 Å². The third-order valence-electron chi connectivity index (χ3n) is 3.85. The van der Waals surface area contributed by atoms with Crippen molar-refractivity contribution in [1.29, 1.82) is 0 Å². The number of nitrogens with one attached hydrogen (secondary N) is 2. The molecule has 0 aromatic heterocycles. The van der Waals surface area contributed by atoms with Gasteiger partial charge in [0.2, 0.25) is 5.91 Å². The second-order valence-electron chi connectivity index (χ2n) is 6.05. The zero-order valence-electron chi connectivity index (χ0n) is 12.1. The fourth-order valence-electron chi connectivity index (χ4n) is 2.65. The van der Waals surface area contributed by atoms with Crippen LogP contribution in [0.25, 0.3) is 0 Å². The predicted molar refractivity (Wildman–Crippen MR) is 74.9 cm³/mol. The molecule has 0 saturated carbocycles. The number of halogens is 3. The van der Waals surface area contributed by atoms with Crippen LogP contribution in [0, 0.1) is 5.41 Å². The molecule has 3 nitrogen and oxygen atoms in total. The molecule has 1 amide bonds. The monoisotopic (exact) mass is 300 g/mol. The number of carbonyl (C=O) groups is 1. The standard InChI is InChI=1S/C15H19F3N2O/c1-14(2)7-4-8-19-12(14)13(21)20-11-6-3-5-10(9-11)15(16,17)18/h3,5-6,9,12,19H,4,7-8H2,1-2H3,(H,20,21). The number of rotatable bonds is 2. The van der Waals surface area contributed by atoms with Gasteiger partial charge in [0.05, 0.1) is 11.6 Å². The summed E-state index contributed by atoms with van der Waals surface area (Å²) in [5.74, 6) is -0.293. The highest BCUT2D eigenvalue weighted by molar-refractivity contribution is 5.95. The Hall–Kier alpha value is -1.56. The summed E-state index contributed by atoms with van der Waals surface area (Å²) in [6, 6.07) is 4.29. The van der Waals surface area contributed by atoms with Gasteiger partial charge in [-0.1, -0.05) is 19.9 Å². The number of amides is 1. The van der Waals surface area contributed by atoms with Crippen LogP contribution >= 0.6 is 0 Å². The second-order valence-corrected chi connectivity index (χ2v) is 6.05. The van der Waals surface area contributed by atoms with Crippen molar-refractivity contribution in [2.24, 2.45) is 5.41 Å². The van der Waals surface area contributed by atoms with Crippen molar-refractivity contribution in [3.8, 4) is 0 Å². The van der Waals surface area contributed by atoms with Gasteiger partial charge < -0.3 is 10.6 Å². The normalized spacial score (nSPS) is 21.9. The van der Waals surface area contributed by atoms with Crippen LogP contribution in [-0.2, 0) is 11.0 Å². The Morgan fingerprint density at radius 1 is 1.38 bits per heavy atom. The first-order valence-corrected chi connectivity index (χ1v) is 6.92. The van der Waals surface area contributed by atoms with E-state index >= 15 is 0 Å². The van der Waals surface area contributed by atoms with E-state index in [4.69, 9.17) is 0 Å². The lowest BCUT2D eigenvalue weighted by Gasteiger charge is -2.38. The summed E-state index contributed by atoms with van der Waals surface area (Å²) < 4.78 is 38.0. The van der Waals surface area contributed by atoms with Crippen molar-refractivity contribution >= 4 is 11.6 Å². The van der Waals surface area contributed by atoms with Gasteiger partial charge in [0, 0.05) is 5.69 Å². The highest BCUT2D eigenvalue weighted by Crippen LogP contribution is 2.32. The van der Waals surface area contributed by atoms with Gasteiger partial charge >= 0.3 is 6.18 Å². The van der Waals surface area contributed by atoms with E-state index in [1.807, 2.05) is 13.8 Å². The van der Waals surface area contributed by atoms with Crippen LogP contribution in [0.3, 0.4) is 0 Å². The van der Waals surface area contributed by atoms with Gasteiger partial charge in [0.1, 0.15) is 0 Å². The van der Waals surface area contributed by atoms with Crippen LogP contribution in [0.4, 0.5) is 18.9 Å². The fraction of sp³-hybridized carbons (Fsp3) is 0.533. The van der Waals surface area contributed by atoms with E-state index in [0.29, 0.717) is 0 Å². The van der Waals surface area contributed by atoms with Gasteiger partial charge in [-0.05, 0) is 43.0 Å². The summed E-state index contributed by atoms with van der Waals surface area (Å²) >= 11 is 0. The molecule has 0 bridgehead atoms. The molecular formula is C15H19F3N2O. The van der Waals surface area contributed by atoms with Crippen molar-refractivity contribution < 1.29 is 18.0 Å². The van der Waals surface area contributed by atoms with Crippen molar-refractivity contribution in [2.45, 2.75) is 38.9 Å². The number of hydrogen-bond acceptors (Lipinski definition) is 2. The van der Waals surface area contributed by atoms with Crippen LogP contribution in [0.15, 0.2) is 24.3 Å². The number of benzene rings is 1. The molecule has 116 valence electrons. The Morgan fingerprint density at radius 3 is 2.71 bits per heavy atom. The third-order valence-corrected chi connectivity index (χ3v) is 3.85. The Bertz CT molecular complexity index is 526. The molecule has 1 saturated heterocycles. The minimum absolute atomic E-state index is 0.165. The van der Waals surface area contributed by atoms with Crippen LogP contribution < -0.4 is 10.6 Å². The number of alkyl halides is 3. The topological polar surface area (TPSA) is 41.1 Å². The molecule has 2 rings (SSSR count). The van der Waals surface area contributed by atoms with Crippen molar-refractivity contribution in [3.05, 3.63) is 29.8 Å². The van der Waals surface area contributed by atoms with Crippen LogP contribution in [0.5, 0.6) is 0 Å². The number of piperidine rings is 1. The van der Waals surface area contributed by atoms with Crippen LogP contribution in [0.2, 0.25) is 0 Å². The molecule has 0 aliphatic carbocycles. The molecule has 0 spiro atoms. The molecular weight excluding hydrogens is 281 g/mol. The summed E-state index contributed by atoms with van der Waals surface area (Å²) in [5.41, 5.74) is -0.821.